The summed E-state index contributed by atoms with van der Waals surface area (Å²) in [5.41, 5.74) is 6.81. The van der Waals surface area contributed by atoms with E-state index >= 15 is 4.39 Å². The second-order valence-electron chi connectivity index (χ2n) is 9.26. The summed E-state index contributed by atoms with van der Waals surface area (Å²) in [5.74, 6) is -3.65. The first kappa shape index (κ1) is 23.5. The number of nitrogens with one attached hydrogen (secondary N) is 1. The van der Waals surface area contributed by atoms with Crippen LogP contribution in [0, 0.1) is 11.7 Å². The highest BCUT2D eigenvalue weighted by Gasteiger charge is 2.47. The molecule has 3 amide bonds. The van der Waals surface area contributed by atoms with Crippen LogP contribution in [0.5, 0.6) is 0 Å². The summed E-state index contributed by atoms with van der Waals surface area (Å²) in [4.78, 5) is 51.8. The number of ether oxygens (including phenoxy) is 1. The molecule has 3 aliphatic rings. The van der Waals surface area contributed by atoms with Gasteiger partial charge in [-0.05, 0) is 41.8 Å². The lowest BCUT2D eigenvalue weighted by atomic mass is 9.80. The van der Waals surface area contributed by atoms with Gasteiger partial charge in [-0.3, -0.25) is 19.3 Å². The first-order valence-corrected chi connectivity index (χ1v) is 12.6. The lowest BCUT2D eigenvalue weighted by Gasteiger charge is -2.28. The number of fused-ring (bicyclic) bond motifs is 1. The maximum absolute atomic E-state index is 15.0. The fraction of sp³-hybridized carbons (Fsp3) is 0.280. The van der Waals surface area contributed by atoms with E-state index in [0.29, 0.717) is 28.0 Å². The van der Waals surface area contributed by atoms with Crippen molar-refractivity contribution in [3.63, 3.8) is 0 Å². The number of benzene rings is 2. The van der Waals surface area contributed by atoms with E-state index in [1.54, 1.807) is 30.3 Å². The van der Waals surface area contributed by atoms with E-state index < -0.39 is 41.9 Å². The van der Waals surface area contributed by atoms with Gasteiger partial charge in [0.1, 0.15) is 18.0 Å². The number of halogens is 1. The van der Waals surface area contributed by atoms with Crippen molar-refractivity contribution in [2.24, 2.45) is 11.7 Å². The van der Waals surface area contributed by atoms with Crippen molar-refractivity contribution in [1.82, 2.24) is 4.57 Å². The molecule has 0 saturated carbocycles. The summed E-state index contributed by atoms with van der Waals surface area (Å²) >= 11 is 1.38. The molecule has 6 rings (SSSR count). The fourth-order valence-corrected chi connectivity index (χ4v) is 6.25. The molecule has 4 atom stereocenters. The van der Waals surface area contributed by atoms with Gasteiger partial charge in [0, 0.05) is 34.7 Å². The minimum absolute atomic E-state index is 0.0519. The molecule has 1 saturated heterocycles. The van der Waals surface area contributed by atoms with Crippen LogP contribution < -0.4 is 21.5 Å². The fourth-order valence-electron chi connectivity index (χ4n) is 5.46. The van der Waals surface area contributed by atoms with Crippen LogP contribution in [0.4, 0.5) is 20.6 Å². The van der Waals surface area contributed by atoms with E-state index in [2.05, 4.69) is 5.32 Å². The van der Waals surface area contributed by atoms with Crippen LogP contribution in [-0.2, 0) is 20.9 Å². The minimum Gasteiger partial charge on any atom is -0.441 e. The van der Waals surface area contributed by atoms with Crippen molar-refractivity contribution in [1.29, 1.82) is 0 Å². The standard InChI is InChI=1S/C25H21FN4O6S/c26-14-4-1-11-2-6-19(32)30-8-13(20(14)22(11)30)21(24(27)34)23(33)16-9-29(25(35)36-16)12-3-5-17-15(7-12)28-18(31)10-37-17/h1-7,13,16,21,23,33H,8-10H2,(H2,27,34)(H,28,31)/t13-,16-,21?,23?/m1/s1. The highest BCUT2D eigenvalue weighted by molar-refractivity contribution is 8.00. The van der Waals surface area contributed by atoms with Crippen LogP contribution >= 0.6 is 11.8 Å². The van der Waals surface area contributed by atoms with Gasteiger partial charge < -0.3 is 25.5 Å². The van der Waals surface area contributed by atoms with Crippen LogP contribution in [0.3, 0.4) is 0 Å². The van der Waals surface area contributed by atoms with Gasteiger partial charge >= 0.3 is 6.09 Å². The maximum Gasteiger partial charge on any atom is 0.414 e. The Labute approximate surface area is 213 Å². The number of nitrogens with two attached hydrogens (primary N) is 1. The largest absolute Gasteiger partial charge is 0.441 e. The second kappa shape index (κ2) is 8.60. The molecule has 4 heterocycles. The van der Waals surface area contributed by atoms with E-state index in [4.69, 9.17) is 10.5 Å². The smallest absolute Gasteiger partial charge is 0.414 e. The van der Waals surface area contributed by atoms with Crippen LogP contribution in [0.25, 0.3) is 10.9 Å². The van der Waals surface area contributed by atoms with E-state index in [0.717, 1.165) is 4.90 Å². The Balaban J connectivity index is 1.30. The first-order chi connectivity index (χ1) is 17.7. The molecular formula is C25H21FN4O6S. The number of aliphatic hydroxyl groups excluding tert-OH is 1. The quantitative estimate of drug-likeness (QED) is 0.461. The normalized spacial score (nSPS) is 21.9. The molecule has 4 N–H and O–H groups in total. The molecule has 12 heteroatoms. The molecule has 37 heavy (non-hydrogen) atoms. The molecule has 10 nitrogen and oxygen atoms in total. The number of rotatable bonds is 5. The Morgan fingerprint density at radius 1 is 1.16 bits per heavy atom. The van der Waals surface area contributed by atoms with Crippen molar-refractivity contribution in [3.05, 3.63) is 64.2 Å². The molecule has 2 aromatic carbocycles. The number of anilines is 2. The summed E-state index contributed by atoms with van der Waals surface area (Å²) in [6.45, 7) is -0.153. The molecule has 190 valence electrons. The van der Waals surface area contributed by atoms with Gasteiger partial charge in [0.15, 0.2) is 0 Å². The number of primary amides is 1. The predicted octanol–water partition coefficient (Wildman–Crippen LogP) is 1.77. The van der Waals surface area contributed by atoms with Crippen molar-refractivity contribution < 1.29 is 28.6 Å². The number of amides is 3. The van der Waals surface area contributed by atoms with Crippen LogP contribution in [-0.4, -0.2) is 52.1 Å². The minimum atomic E-state index is -1.57. The molecule has 0 spiro atoms. The predicted molar refractivity (Wildman–Crippen MR) is 133 cm³/mol. The Hall–Kier alpha value is -3.90. The molecule has 1 aromatic heterocycles. The van der Waals surface area contributed by atoms with Crippen molar-refractivity contribution in [2.75, 3.05) is 22.5 Å². The zero-order chi connectivity index (χ0) is 26.0. The molecule has 1 fully saturated rings. The maximum atomic E-state index is 15.0. The van der Waals surface area contributed by atoms with Crippen LogP contribution in [0.2, 0.25) is 0 Å². The molecule has 2 unspecified atom stereocenters. The molecule has 3 aromatic rings. The number of hydrogen-bond acceptors (Lipinski definition) is 7. The summed E-state index contributed by atoms with van der Waals surface area (Å²) in [5, 5.41) is 14.6. The number of hydrogen-bond donors (Lipinski definition) is 3. The Bertz CT molecular complexity index is 1560. The number of aliphatic hydroxyl groups is 1. The van der Waals surface area contributed by atoms with Gasteiger partial charge in [-0.25, -0.2) is 9.18 Å². The van der Waals surface area contributed by atoms with Crippen molar-refractivity contribution in [3.8, 4) is 0 Å². The van der Waals surface area contributed by atoms with Gasteiger partial charge in [-0.15, -0.1) is 11.8 Å². The van der Waals surface area contributed by atoms with E-state index in [1.807, 2.05) is 0 Å². The monoisotopic (exact) mass is 524 g/mol. The van der Waals surface area contributed by atoms with Gasteiger partial charge in [0.25, 0.3) is 5.56 Å². The molecular weight excluding hydrogens is 503 g/mol. The van der Waals surface area contributed by atoms with Crippen LogP contribution in [0.15, 0.2) is 52.2 Å². The number of aromatic nitrogens is 1. The number of carbonyl (C=O) groups is 3. The second-order valence-corrected chi connectivity index (χ2v) is 10.3. The molecule has 0 aliphatic carbocycles. The zero-order valence-electron chi connectivity index (χ0n) is 19.2. The third-order valence-electron chi connectivity index (χ3n) is 7.14. The lowest BCUT2D eigenvalue weighted by molar-refractivity contribution is -0.129. The number of nitrogens with zero attached hydrogens (tertiary/aromatic N) is 2. The Kier molecular flexibility index (Phi) is 5.46. The summed E-state index contributed by atoms with van der Waals surface area (Å²) < 4.78 is 21.8. The zero-order valence-corrected chi connectivity index (χ0v) is 20.0. The summed E-state index contributed by atoms with van der Waals surface area (Å²) in [6.07, 6.45) is -3.46. The van der Waals surface area contributed by atoms with Crippen molar-refractivity contribution in [2.45, 2.75) is 29.6 Å². The number of thioether (sulfide) groups is 1. The molecule has 0 bridgehead atoms. The average molecular weight is 525 g/mol. The molecule has 3 aliphatic heterocycles. The highest BCUT2D eigenvalue weighted by atomic mass is 32.2. The van der Waals surface area contributed by atoms with E-state index in [9.17, 15) is 24.3 Å². The topological polar surface area (TPSA) is 144 Å². The third kappa shape index (κ3) is 3.75. The highest BCUT2D eigenvalue weighted by Crippen LogP contribution is 2.42. The summed E-state index contributed by atoms with van der Waals surface area (Å²) in [6, 6.07) is 10.8. The van der Waals surface area contributed by atoms with Gasteiger partial charge in [0.05, 0.1) is 29.4 Å². The van der Waals surface area contributed by atoms with Gasteiger partial charge in [-0.1, -0.05) is 0 Å². The van der Waals surface area contributed by atoms with E-state index in [-0.39, 0.29) is 30.1 Å². The SMILES string of the molecule is NC(=O)C(C(O)[C@H]1CN(c2ccc3c(c2)NC(=O)CS3)C(=O)O1)[C@@H]1Cn2c(=O)ccc3ccc(F)c1c32. The number of cyclic esters (lactones) is 1. The van der Waals surface area contributed by atoms with Gasteiger partial charge in [-0.2, -0.15) is 0 Å². The van der Waals surface area contributed by atoms with Crippen LogP contribution in [0.1, 0.15) is 11.5 Å². The van der Waals surface area contributed by atoms with E-state index in [1.165, 1.54) is 33.4 Å². The average Bonchev–Trinajstić information content (AvgIpc) is 3.45. The third-order valence-corrected chi connectivity index (χ3v) is 8.21. The Morgan fingerprint density at radius 2 is 1.95 bits per heavy atom. The van der Waals surface area contributed by atoms with Gasteiger partial charge in [0.2, 0.25) is 11.8 Å². The molecule has 0 radical (unpaired) electrons. The number of pyridine rings is 1. The summed E-state index contributed by atoms with van der Waals surface area (Å²) in [7, 11) is 0. The van der Waals surface area contributed by atoms with Crippen molar-refractivity contribution >= 4 is 51.9 Å². The number of carbonyl (C=O) groups excluding carboxylic acids is 3. The first-order valence-electron chi connectivity index (χ1n) is 11.6. The Morgan fingerprint density at radius 3 is 2.73 bits per heavy atom. The lowest BCUT2D eigenvalue weighted by Crippen LogP contribution is -2.46.